The summed E-state index contributed by atoms with van der Waals surface area (Å²) >= 11 is 0. The molecule has 0 aliphatic carbocycles. The monoisotopic (exact) mass is 236 g/mol. The van der Waals surface area contributed by atoms with Crippen LogP contribution in [0.5, 0.6) is 0 Å². The van der Waals surface area contributed by atoms with Crippen molar-refractivity contribution in [2.24, 2.45) is 0 Å². The number of nitrogens with one attached hydrogen (secondary N) is 1. The zero-order chi connectivity index (χ0) is 11.8. The highest BCUT2D eigenvalue weighted by molar-refractivity contribution is 5.80. The first kappa shape index (κ1) is 10.7. The highest BCUT2D eigenvalue weighted by atomic mass is 16.5. The Morgan fingerprint density at radius 3 is 3.24 bits per heavy atom. The number of nitrogens with zero attached hydrogens (tertiary/aromatic N) is 3. The van der Waals surface area contributed by atoms with Gasteiger partial charge in [-0.15, -0.1) is 0 Å². The van der Waals surface area contributed by atoms with Gasteiger partial charge in [0.15, 0.2) is 5.82 Å². The molecule has 1 aromatic heterocycles. The van der Waals surface area contributed by atoms with Crippen LogP contribution in [0, 0.1) is 6.92 Å². The summed E-state index contributed by atoms with van der Waals surface area (Å²) in [6.45, 7) is 3.26. The lowest BCUT2D eigenvalue weighted by atomic mass is 10.1. The quantitative estimate of drug-likeness (QED) is 0.813. The van der Waals surface area contributed by atoms with Gasteiger partial charge in [0, 0.05) is 32.0 Å². The molecule has 0 saturated carbocycles. The second kappa shape index (κ2) is 4.10. The van der Waals surface area contributed by atoms with Crippen molar-refractivity contribution >= 4 is 5.91 Å². The molecule has 0 radical (unpaired) electrons. The van der Waals surface area contributed by atoms with Gasteiger partial charge in [-0.3, -0.25) is 4.79 Å². The average Bonchev–Trinajstić information content (AvgIpc) is 2.96. The number of aryl methyl sites for hydroxylation is 1. The predicted molar refractivity (Wildman–Crippen MR) is 59.0 cm³/mol. The van der Waals surface area contributed by atoms with Crippen molar-refractivity contribution in [3.8, 4) is 0 Å². The average molecular weight is 236 g/mol. The minimum atomic E-state index is 0.240. The number of rotatable bonds is 3. The number of hydrogen-bond acceptors (Lipinski definition) is 5. The Bertz CT molecular complexity index is 431. The molecule has 0 aromatic carbocycles. The first-order chi connectivity index (χ1) is 8.24. The van der Waals surface area contributed by atoms with Gasteiger partial charge in [-0.2, -0.15) is 4.98 Å². The maximum atomic E-state index is 11.7. The molecular weight excluding hydrogens is 220 g/mol. The van der Waals surface area contributed by atoms with Gasteiger partial charge in [0.1, 0.15) is 0 Å². The van der Waals surface area contributed by atoms with E-state index < -0.39 is 0 Å². The second-order valence-electron chi connectivity index (χ2n) is 4.72. The van der Waals surface area contributed by atoms with Crippen LogP contribution in [0.15, 0.2) is 4.52 Å². The van der Waals surface area contributed by atoms with Crippen molar-refractivity contribution in [1.82, 2.24) is 20.4 Å². The molecule has 1 aromatic rings. The van der Waals surface area contributed by atoms with Crippen LogP contribution in [0.25, 0.3) is 0 Å². The van der Waals surface area contributed by atoms with E-state index in [2.05, 4.69) is 15.5 Å². The Hall–Kier alpha value is -1.43. The molecule has 6 heteroatoms. The van der Waals surface area contributed by atoms with Crippen LogP contribution in [0.2, 0.25) is 0 Å². The van der Waals surface area contributed by atoms with Crippen molar-refractivity contribution < 1.29 is 9.32 Å². The van der Waals surface area contributed by atoms with Gasteiger partial charge in [-0.05, 0) is 12.8 Å². The van der Waals surface area contributed by atoms with E-state index in [4.69, 9.17) is 4.52 Å². The van der Waals surface area contributed by atoms with Crippen molar-refractivity contribution in [1.29, 1.82) is 0 Å². The molecule has 0 bridgehead atoms. The van der Waals surface area contributed by atoms with Gasteiger partial charge in [-0.1, -0.05) is 5.16 Å². The summed E-state index contributed by atoms with van der Waals surface area (Å²) < 4.78 is 4.91. The van der Waals surface area contributed by atoms with E-state index in [0.717, 1.165) is 19.4 Å². The predicted octanol–water partition coefficient (Wildman–Crippen LogP) is 0.231. The fourth-order valence-corrected chi connectivity index (χ4v) is 2.81. The van der Waals surface area contributed by atoms with E-state index in [0.29, 0.717) is 30.7 Å². The van der Waals surface area contributed by atoms with E-state index in [1.807, 2.05) is 4.90 Å². The van der Waals surface area contributed by atoms with Crippen molar-refractivity contribution in [3.05, 3.63) is 11.7 Å². The van der Waals surface area contributed by atoms with Gasteiger partial charge >= 0.3 is 0 Å². The van der Waals surface area contributed by atoms with E-state index in [-0.39, 0.29) is 11.9 Å². The van der Waals surface area contributed by atoms with Crippen LogP contribution in [-0.4, -0.2) is 39.6 Å². The Morgan fingerprint density at radius 1 is 1.59 bits per heavy atom. The zero-order valence-corrected chi connectivity index (χ0v) is 9.85. The van der Waals surface area contributed by atoms with E-state index >= 15 is 0 Å². The van der Waals surface area contributed by atoms with Crippen molar-refractivity contribution in [3.63, 3.8) is 0 Å². The normalized spacial score (nSPS) is 27.8. The Labute approximate surface area is 99.4 Å². The fraction of sp³-hybridized carbons (Fsp3) is 0.727. The number of carbonyl (C=O) groups excluding carboxylic acids is 1. The molecule has 3 heterocycles. The molecule has 2 fully saturated rings. The summed E-state index contributed by atoms with van der Waals surface area (Å²) in [5.41, 5.74) is 0. The number of amides is 1. The molecule has 2 saturated heterocycles. The number of aromatic nitrogens is 2. The Kier molecular flexibility index (Phi) is 2.58. The van der Waals surface area contributed by atoms with Crippen LogP contribution in [-0.2, 0) is 11.3 Å². The van der Waals surface area contributed by atoms with Crippen LogP contribution < -0.4 is 5.32 Å². The fourth-order valence-electron chi connectivity index (χ4n) is 2.81. The Morgan fingerprint density at radius 2 is 2.47 bits per heavy atom. The molecule has 1 N–H and O–H groups in total. The third-order valence-electron chi connectivity index (χ3n) is 3.57. The molecule has 2 aliphatic rings. The smallest absolute Gasteiger partial charge is 0.224 e. The summed E-state index contributed by atoms with van der Waals surface area (Å²) in [5, 5.41) is 7.20. The molecule has 1 amide bonds. The van der Waals surface area contributed by atoms with Gasteiger partial charge < -0.3 is 14.7 Å². The lowest BCUT2D eigenvalue weighted by Gasteiger charge is -2.20. The summed E-state index contributed by atoms with van der Waals surface area (Å²) in [5.74, 6) is 1.51. The summed E-state index contributed by atoms with van der Waals surface area (Å²) in [6.07, 6.45) is 2.83. The summed E-state index contributed by atoms with van der Waals surface area (Å²) in [4.78, 5) is 17.9. The van der Waals surface area contributed by atoms with Crippen molar-refractivity contribution in [2.75, 3.05) is 6.54 Å². The van der Waals surface area contributed by atoms with E-state index in [1.165, 1.54) is 0 Å². The van der Waals surface area contributed by atoms with E-state index in [1.54, 1.807) is 6.92 Å². The minimum absolute atomic E-state index is 0.240. The largest absolute Gasteiger partial charge is 0.340 e. The van der Waals surface area contributed by atoms with Gasteiger partial charge in [-0.25, -0.2) is 0 Å². The lowest BCUT2D eigenvalue weighted by Crippen LogP contribution is -2.39. The summed E-state index contributed by atoms with van der Waals surface area (Å²) in [6, 6.07) is 0.610. The molecular formula is C11H16N4O2. The molecule has 2 unspecified atom stereocenters. The standard InChI is InChI=1S/C11H16N4O2/c1-7-13-10(14-17-7)6-12-8-5-11(16)15-4-2-3-9(8)15/h8-9,12H,2-6H2,1H3. The van der Waals surface area contributed by atoms with Crippen LogP contribution in [0.1, 0.15) is 31.0 Å². The lowest BCUT2D eigenvalue weighted by molar-refractivity contribution is -0.127. The molecule has 2 aliphatic heterocycles. The number of hydrogen-bond donors (Lipinski definition) is 1. The molecule has 2 atom stereocenters. The van der Waals surface area contributed by atoms with Crippen molar-refractivity contribution in [2.45, 2.75) is 44.8 Å². The third kappa shape index (κ3) is 1.93. The zero-order valence-electron chi connectivity index (χ0n) is 9.85. The minimum Gasteiger partial charge on any atom is -0.340 e. The van der Waals surface area contributed by atoms with Gasteiger partial charge in [0.05, 0.1) is 6.54 Å². The molecule has 0 spiro atoms. The van der Waals surface area contributed by atoms with Gasteiger partial charge in [0.25, 0.3) is 0 Å². The topological polar surface area (TPSA) is 71.3 Å². The van der Waals surface area contributed by atoms with E-state index in [9.17, 15) is 4.79 Å². The van der Waals surface area contributed by atoms with Crippen LogP contribution in [0.3, 0.4) is 0 Å². The van der Waals surface area contributed by atoms with Crippen LogP contribution >= 0.6 is 0 Å². The molecule has 92 valence electrons. The Balaban J connectivity index is 1.60. The third-order valence-corrected chi connectivity index (χ3v) is 3.57. The molecule has 3 rings (SSSR count). The van der Waals surface area contributed by atoms with Crippen LogP contribution in [0.4, 0.5) is 0 Å². The molecule has 6 nitrogen and oxygen atoms in total. The number of fused-ring (bicyclic) bond motifs is 1. The molecule has 17 heavy (non-hydrogen) atoms. The number of carbonyl (C=O) groups is 1. The second-order valence-corrected chi connectivity index (χ2v) is 4.72. The maximum absolute atomic E-state index is 11.7. The highest BCUT2D eigenvalue weighted by Crippen LogP contribution is 2.29. The summed E-state index contributed by atoms with van der Waals surface area (Å²) in [7, 11) is 0. The SMILES string of the molecule is Cc1nc(CNC2CC(=O)N3CCCC23)no1. The first-order valence-electron chi connectivity index (χ1n) is 6.06. The first-order valence-corrected chi connectivity index (χ1v) is 6.06. The highest BCUT2D eigenvalue weighted by Gasteiger charge is 2.41. The van der Waals surface area contributed by atoms with Gasteiger partial charge in [0.2, 0.25) is 11.8 Å². The maximum Gasteiger partial charge on any atom is 0.224 e.